The van der Waals surface area contributed by atoms with Crippen LogP contribution in [0, 0.1) is 0 Å². The van der Waals surface area contributed by atoms with E-state index in [4.69, 9.17) is 28.3 Å². The van der Waals surface area contributed by atoms with Gasteiger partial charge in [0.05, 0.1) is 0 Å². The summed E-state index contributed by atoms with van der Waals surface area (Å²) in [6, 6.07) is 3.87. The zero-order chi connectivity index (χ0) is 15.1. The average Bonchev–Trinajstić information content (AvgIpc) is 2.34. The molecule has 0 radical (unpaired) electrons. The molecule has 0 spiro atoms. The summed E-state index contributed by atoms with van der Waals surface area (Å²) in [5.74, 6) is -1.33. The van der Waals surface area contributed by atoms with Crippen LogP contribution in [0.3, 0.4) is 0 Å². The fraction of sp³-hybridized carbons (Fsp3) is 0.429. The number of nitrogens with one attached hydrogen (secondary N) is 1. The number of unbranched alkanes of at least 4 members (excludes halogenated alkanes) is 1. The van der Waals surface area contributed by atoms with E-state index in [1.165, 1.54) is 0 Å². The molecule has 1 amide bonds. The van der Waals surface area contributed by atoms with Crippen LogP contribution in [0.2, 0.25) is 10.0 Å². The Hall–Kier alpha value is -1.26. The predicted molar refractivity (Wildman–Crippen MR) is 79.3 cm³/mol. The highest BCUT2D eigenvalue weighted by Gasteiger charge is 2.20. The van der Waals surface area contributed by atoms with Gasteiger partial charge >= 0.3 is 5.97 Å². The van der Waals surface area contributed by atoms with Gasteiger partial charge in [-0.1, -0.05) is 36.5 Å². The standard InChI is InChI=1S/C14H17Cl2NO3/c1-2-3-4-13(18)17-12(14(19)20)7-9-5-10(15)8-11(16)6-9/h5-6,8,12H,2-4,7H2,1H3,(H,17,18)(H,19,20). The fourth-order valence-corrected chi connectivity index (χ4v) is 2.34. The maximum absolute atomic E-state index is 11.6. The molecule has 4 nitrogen and oxygen atoms in total. The van der Waals surface area contributed by atoms with E-state index in [9.17, 15) is 9.59 Å². The summed E-state index contributed by atoms with van der Waals surface area (Å²) >= 11 is 11.7. The van der Waals surface area contributed by atoms with Crippen molar-refractivity contribution >= 4 is 35.1 Å². The Morgan fingerprint density at radius 3 is 2.35 bits per heavy atom. The number of halogens is 2. The highest BCUT2D eigenvalue weighted by Crippen LogP contribution is 2.20. The molecule has 1 rings (SSSR count). The van der Waals surface area contributed by atoms with Crippen LogP contribution in [-0.4, -0.2) is 23.0 Å². The number of carbonyl (C=O) groups excluding carboxylic acids is 1. The molecule has 0 aliphatic heterocycles. The molecule has 1 atom stereocenters. The van der Waals surface area contributed by atoms with Crippen LogP contribution in [-0.2, 0) is 16.0 Å². The molecule has 2 N–H and O–H groups in total. The summed E-state index contributed by atoms with van der Waals surface area (Å²) in [5.41, 5.74) is 0.672. The lowest BCUT2D eigenvalue weighted by Gasteiger charge is -2.15. The minimum Gasteiger partial charge on any atom is -0.480 e. The van der Waals surface area contributed by atoms with Crippen molar-refractivity contribution < 1.29 is 14.7 Å². The highest BCUT2D eigenvalue weighted by atomic mass is 35.5. The van der Waals surface area contributed by atoms with Gasteiger partial charge in [-0.15, -0.1) is 0 Å². The quantitative estimate of drug-likeness (QED) is 0.810. The monoisotopic (exact) mass is 317 g/mol. The second-order valence-electron chi connectivity index (χ2n) is 4.54. The summed E-state index contributed by atoms with van der Waals surface area (Å²) in [6.45, 7) is 1.97. The number of amides is 1. The molecule has 0 bridgehead atoms. The van der Waals surface area contributed by atoms with E-state index < -0.39 is 12.0 Å². The lowest BCUT2D eigenvalue weighted by molar-refractivity contribution is -0.141. The Morgan fingerprint density at radius 2 is 1.85 bits per heavy atom. The topological polar surface area (TPSA) is 66.4 Å². The molecule has 1 aromatic carbocycles. The molecule has 1 unspecified atom stereocenters. The normalized spacial score (nSPS) is 11.9. The Bertz CT molecular complexity index is 471. The third-order valence-corrected chi connectivity index (χ3v) is 3.19. The fourth-order valence-electron chi connectivity index (χ4n) is 1.77. The number of hydrogen-bond acceptors (Lipinski definition) is 2. The van der Waals surface area contributed by atoms with Gasteiger partial charge in [-0.25, -0.2) is 4.79 Å². The molecular formula is C14H17Cl2NO3. The molecule has 0 heterocycles. The Balaban J connectivity index is 2.72. The molecular weight excluding hydrogens is 301 g/mol. The average molecular weight is 318 g/mol. The second kappa shape index (κ2) is 8.12. The van der Waals surface area contributed by atoms with Crippen molar-refractivity contribution in [2.24, 2.45) is 0 Å². The number of hydrogen-bond donors (Lipinski definition) is 2. The number of aliphatic carboxylic acids is 1. The van der Waals surface area contributed by atoms with E-state index in [1.54, 1.807) is 18.2 Å². The van der Waals surface area contributed by atoms with E-state index in [0.717, 1.165) is 12.8 Å². The van der Waals surface area contributed by atoms with Crippen LogP contribution < -0.4 is 5.32 Å². The van der Waals surface area contributed by atoms with Crippen LogP contribution in [0.25, 0.3) is 0 Å². The van der Waals surface area contributed by atoms with Gasteiger partial charge in [0.2, 0.25) is 5.91 Å². The number of carboxylic acid groups (broad SMARTS) is 1. The summed E-state index contributed by atoms with van der Waals surface area (Å²) in [6.07, 6.45) is 2.10. The van der Waals surface area contributed by atoms with Crippen molar-refractivity contribution in [1.82, 2.24) is 5.32 Å². The van der Waals surface area contributed by atoms with Crippen molar-refractivity contribution in [3.8, 4) is 0 Å². The third kappa shape index (κ3) is 5.80. The third-order valence-electron chi connectivity index (χ3n) is 2.75. The minimum atomic E-state index is -1.08. The first-order valence-electron chi connectivity index (χ1n) is 6.39. The highest BCUT2D eigenvalue weighted by molar-refractivity contribution is 6.34. The molecule has 0 aliphatic rings. The zero-order valence-corrected chi connectivity index (χ0v) is 12.7. The SMILES string of the molecule is CCCCC(=O)NC(Cc1cc(Cl)cc(Cl)c1)C(=O)O. The molecule has 20 heavy (non-hydrogen) atoms. The zero-order valence-electron chi connectivity index (χ0n) is 11.2. The Labute approximate surface area is 128 Å². The smallest absolute Gasteiger partial charge is 0.326 e. The first-order chi connectivity index (χ1) is 9.42. The molecule has 0 aliphatic carbocycles. The van der Waals surface area contributed by atoms with Gasteiger partial charge in [0.15, 0.2) is 0 Å². The van der Waals surface area contributed by atoms with Gasteiger partial charge < -0.3 is 10.4 Å². The maximum Gasteiger partial charge on any atom is 0.326 e. The number of carbonyl (C=O) groups is 2. The molecule has 0 fully saturated rings. The molecule has 0 aromatic heterocycles. The summed E-state index contributed by atoms with van der Waals surface area (Å²) < 4.78 is 0. The maximum atomic E-state index is 11.6. The Morgan fingerprint density at radius 1 is 1.25 bits per heavy atom. The summed E-state index contributed by atoms with van der Waals surface area (Å²) in [7, 11) is 0. The van der Waals surface area contributed by atoms with Crippen LogP contribution >= 0.6 is 23.2 Å². The lowest BCUT2D eigenvalue weighted by atomic mass is 10.1. The van der Waals surface area contributed by atoms with Gasteiger partial charge in [0.25, 0.3) is 0 Å². The van der Waals surface area contributed by atoms with E-state index >= 15 is 0 Å². The van der Waals surface area contributed by atoms with Crippen molar-refractivity contribution in [3.63, 3.8) is 0 Å². The molecule has 0 saturated carbocycles. The van der Waals surface area contributed by atoms with Crippen LogP contribution in [0.1, 0.15) is 31.7 Å². The Kier molecular flexibility index (Phi) is 6.82. The van der Waals surface area contributed by atoms with Gasteiger partial charge in [0, 0.05) is 22.9 Å². The minimum absolute atomic E-state index is 0.146. The first-order valence-corrected chi connectivity index (χ1v) is 7.15. The largest absolute Gasteiger partial charge is 0.480 e. The van der Waals surface area contributed by atoms with Gasteiger partial charge in [-0.2, -0.15) is 0 Å². The number of benzene rings is 1. The van der Waals surface area contributed by atoms with Crippen LogP contribution in [0.5, 0.6) is 0 Å². The molecule has 1 aromatic rings. The molecule has 110 valence electrons. The summed E-state index contributed by atoms with van der Waals surface area (Å²) in [5, 5.41) is 12.6. The molecule has 6 heteroatoms. The van der Waals surface area contributed by atoms with E-state index in [-0.39, 0.29) is 12.3 Å². The van der Waals surface area contributed by atoms with Gasteiger partial charge in [-0.3, -0.25) is 4.79 Å². The second-order valence-corrected chi connectivity index (χ2v) is 5.42. The number of carboxylic acids is 1. The van der Waals surface area contributed by atoms with Crippen molar-refractivity contribution in [3.05, 3.63) is 33.8 Å². The molecule has 0 saturated heterocycles. The van der Waals surface area contributed by atoms with Crippen molar-refractivity contribution in [2.75, 3.05) is 0 Å². The van der Waals surface area contributed by atoms with Crippen LogP contribution in [0.15, 0.2) is 18.2 Å². The first kappa shape index (κ1) is 16.8. The van der Waals surface area contributed by atoms with Gasteiger partial charge in [-0.05, 0) is 30.2 Å². The van der Waals surface area contributed by atoms with Gasteiger partial charge in [0.1, 0.15) is 6.04 Å². The van der Waals surface area contributed by atoms with E-state index in [2.05, 4.69) is 5.32 Å². The van der Waals surface area contributed by atoms with Crippen LogP contribution in [0.4, 0.5) is 0 Å². The van der Waals surface area contributed by atoms with Crippen molar-refractivity contribution in [1.29, 1.82) is 0 Å². The predicted octanol–water partition coefficient (Wildman–Crippen LogP) is 3.30. The van der Waals surface area contributed by atoms with Crippen molar-refractivity contribution in [2.45, 2.75) is 38.6 Å². The van der Waals surface area contributed by atoms with E-state index in [0.29, 0.717) is 22.0 Å². The summed E-state index contributed by atoms with van der Waals surface area (Å²) in [4.78, 5) is 22.8. The lowest BCUT2D eigenvalue weighted by Crippen LogP contribution is -2.42. The number of rotatable bonds is 7. The van der Waals surface area contributed by atoms with E-state index in [1.807, 2.05) is 6.92 Å².